The largest absolute Gasteiger partial charge is 0.307 e. The minimum atomic E-state index is -3.58. The zero-order valence-electron chi connectivity index (χ0n) is 16.2. The second-order valence-corrected chi connectivity index (χ2v) is 9.95. The molecule has 4 rings (SSSR count). The molecule has 156 valence electrons. The summed E-state index contributed by atoms with van der Waals surface area (Å²) in [4.78, 5) is 12.9. The predicted octanol–water partition coefficient (Wildman–Crippen LogP) is 3.73. The molecule has 9 heteroatoms. The molecule has 2 aromatic carbocycles. The quantitative estimate of drug-likeness (QED) is 0.572. The van der Waals surface area contributed by atoms with Gasteiger partial charge in [0.15, 0.2) is 0 Å². The lowest BCUT2D eigenvalue weighted by molar-refractivity contribution is 0.102. The first-order valence-corrected chi connectivity index (χ1v) is 11.8. The summed E-state index contributed by atoms with van der Waals surface area (Å²) < 4.78 is 29.7. The van der Waals surface area contributed by atoms with E-state index < -0.39 is 10.0 Å². The average molecular weight is 489 g/mol. The van der Waals surface area contributed by atoms with E-state index in [4.69, 9.17) is 0 Å². The minimum absolute atomic E-state index is 0.139. The van der Waals surface area contributed by atoms with Crippen LogP contribution in [0, 0.1) is 0 Å². The van der Waals surface area contributed by atoms with Gasteiger partial charge < -0.3 is 5.32 Å². The van der Waals surface area contributed by atoms with Gasteiger partial charge in [0.1, 0.15) is 5.82 Å². The maximum Gasteiger partial charge on any atom is 0.256 e. The number of aromatic nitrogens is 2. The second kappa shape index (κ2) is 8.71. The van der Waals surface area contributed by atoms with E-state index in [2.05, 4.69) is 26.3 Å². The number of sulfonamides is 1. The van der Waals surface area contributed by atoms with E-state index in [1.807, 2.05) is 24.3 Å². The van der Waals surface area contributed by atoms with E-state index >= 15 is 0 Å². The standard InChI is InChI=1S/C21H21BrN4O3S/c22-18-8-6-16(7-9-18)15-26-20(10-11-23-26)24-21(27)17-4-3-5-19(14-17)30(28,29)25-12-1-2-13-25/h3-11,14H,1-2,12-13,15H2,(H,24,27). The maximum atomic E-state index is 12.8. The van der Waals surface area contributed by atoms with Crippen LogP contribution in [-0.2, 0) is 16.6 Å². The summed E-state index contributed by atoms with van der Waals surface area (Å²) >= 11 is 3.41. The Balaban J connectivity index is 1.51. The van der Waals surface area contributed by atoms with Gasteiger partial charge in [-0.2, -0.15) is 9.40 Å². The lowest BCUT2D eigenvalue weighted by Crippen LogP contribution is -2.28. The molecule has 1 aliphatic rings. The van der Waals surface area contributed by atoms with Crippen molar-refractivity contribution in [3.05, 3.63) is 76.4 Å². The highest BCUT2D eigenvalue weighted by Crippen LogP contribution is 2.22. The van der Waals surface area contributed by atoms with E-state index in [1.54, 1.807) is 29.1 Å². The van der Waals surface area contributed by atoms with Crippen molar-refractivity contribution in [2.24, 2.45) is 0 Å². The highest BCUT2D eigenvalue weighted by atomic mass is 79.9. The number of hydrogen-bond donors (Lipinski definition) is 1. The summed E-state index contributed by atoms with van der Waals surface area (Å²) in [7, 11) is -3.58. The zero-order valence-corrected chi connectivity index (χ0v) is 18.6. The molecular formula is C21H21BrN4O3S. The van der Waals surface area contributed by atoms with E-state index in [0.717, 1.165) is 22.9 Å². The maximum absolute atomic E-state index is 12.8. The monoisotopic (exact) mass is 488 g/mol. The Labute approximate surface area is 183 Å². The Morgan fingerprint density at radius 1 is 1.07 bits per heavy atom. The van der Waals surface area contributed by atoms with Gasteiger partial charge >= 0.3 is 0 Å². The van der Waals surface area contributed by atoms with Crippen molar-refractivity contribution in [3.63, 3.8) is 0 Å². The van der Waals surface area contributed by atoms with Crippen molar-refractivity contribution in [1.29, 1.82) is 0 Å². The van der Waals surface area contributed by atoms with Crippen LogP contribution in [0.3, 0.4) is 0 Å². The van der Waals surface area contributed by atoms with Crippen LogP contribution in [0.15, 0.2) is 70.2 Å². The highest BCUT2D eigenvalue weighted by Gasteiger charge is 2.27. The highest BCUT2D eigenvalue weighted by molar-refractivity contribution is 9.10. The third-order valence-corrected chi connectivity index (χ3v) is 7.43. The average Bonchev–Trinajstić information content (AvgIpc) is 3.43. The molecule has 1 amide bonds. The lowest BCUT2D eigenvalue weighted by atomic mass is 10.2. The molecule has 1 aliphatic heterocycles. The molecule has 0 saturated carbocycles. The Morgan fingerprint density at radius 2 is 1.80 bits per heavy atom. The predicted molar refractivity (Wildman–Crippen MR) is 118 cm³/mol. The van der Waals surface area contributed by atoms with Gasteiger partial charge in [0.25, 0.3) is 5.91 Å². The van der Waals surface area contributed by atoms with Crippen LogP contribution < -0.4 is 5.32 Å². The lowest BCUT2D eigenvalue weighted by Gasteiger charge is -2.16. The molecule has 0 spiro atoms. The van der Waals surface area contributed by atoms with Crippen molar-refractivity contribution in [3.8, 4) is 0 Å². The van der Waals surface area contributed by atoms with Gasteiger partial charge in [-0.05, 0) is 48.7 Å². The SMILES string of the molecule is O=C(Nc1ccnn1Cc1ccc(Br)cc1)c1cccc(S(=O)(=O)N2CCCC2)c1. The second-order valence-electron chi connectivity index (χ2n) is 7.09. The number of carbonyl (C=O) groups excluding carboxylic acids is 1. The molecule has 1 N–H and O–H groups in total. The van der Waals surface area contributed by atoms with Crippen molar-refractivity contribution < 1.29 is 13.2 Å². The van der Waals surface area contributed by atoms with Crippen molar-refractivity contribution >= 4 is 37.7 Å². The first kappa shape index (κ1) is 20.8. The molecular weight excluding hydrogens is 468 g/mol. The summed E-state index contributed by atoms with van der Waals surface area (Å²) in [6.07, 6.45) is 3.34. The number of nitrogens with zero attached hydrogens (tertiary/aromatic N) is 3. The first-order valence-electron chi connectivity index (χ1n) is 9.61. The summed E-state index contributed by atoms with van der Waals surface area (Å²) in [6.45, 7) is 1.54. The fourth-order valence-electron chi connectivity index (χ4n) is 3.39. The molecule has 1 saturated heterocycles. The number of amides is 1. The Kier molecular flexibility index (Phi) is 6.03. The summed E-state index contributed by atoms with van der Waals surface area (Å²) in [5, 5.41) is 7.11. The van der Waals surface area contributed by atoms with Gasteiger partial charge in [-0.15, -0.1) is 0 Å². The van der Waals surface area contributed by atoms with Crippen LogP contribution in [0.2, 0.25) is 0 Å². The molecule has 1 aromatic heterocycles. The Bertz CT molecular complexity index is 1150. The number of hydrogen-bond acceptors (Lipinski definition) is 4. The third kappa shape index (κ3) is 4.48. The van der Waals surface area contributed by atoms with Crippen LogP contribution >= 0.6 is 15.9 Å². The van der Waals surface area contributed by atoms with Crippen LogP contribution in [0.1, 0.15) is 28.8 Å². The summed E-state index contributed by atoms with van der Waals surface area (Å²) in [5.41, 5.74) is 1.32. The molecule has 0 radical (unpaired) electrons. The van der Waals surface area contributed by atoms with Gasteiger partial charge in [-0.3, -0.25) is 4.79 Å². The van der Waals surface area contributed by atoms with Gasteiger partial charge in [0, 0.05) is 29.2 Å². The molecule has 0 unspecified atom stereocenters. The van der Waals surface area contributed by atoms with Crippen LogP contribution in [0.4, 0.5) is 5.82 Å². The van der Waals surface area contributed by atoms with Crippen molar-refractivity contribution in [2.45, 2.75) is 24.3 Å². The minimum Gasteiger partial charge on any atom is -0.307 e. The fraction of sp³-hybridized carbons (Fsp3) is 0.238. The molecule has 3 aromatic rings. The third-order valence-electron chi connectivity index (χ3n) is 5.00. The van der Waals surface area contributed by atoms with Crippen molar-refractivity contribution in [1.82, 2.24) is 14.1 Å². The molecule has 0 atom stereocenters. The molecule has 30 heavy (non-hydrogen) atoms. The molecule has 0 aliphatic carbocycles. The smallest absolute Gasteiger partial charge is 0.256 e. The number of nitrogens with one attached hydrogen (secondary N) is 1. The van der Waals surface area contributed by atoms with E-state index in [9.17, 15) is 13.2 Å². The number of halogens is 1. The summed E-state index contributed by atoms with van der Waals surface area (Å²) in [5.74, 6) is 0.154. The number of benzene rings is 2. The van der Waals surface area contributed by atoms with E-state index in [1.165, 1.54) is 16.4 Å². The van der Waals surface area contributed by atoms with Gasteiger partial charge in [-0.25, -0.2) is 13.1 Å². The van der Waals surface area contributed by atoms with Crippen LogP contribution in [-0.4, -0.2) is 41.5 Å². The normalized spacial score (nSPS) is 14.7. The number of carbonyl (C=O) groups is 1. The van der Waals surface area contributed by atoms with Crippen molar-refractivity contribution in [2.75, 3.05) is 18.4 Å². The topological polar surface area (TPSA) is 84.3 Å². The van der Waals surface area contributed by atoms with E-state index in [0.29, 0.717) is 25.5 Å². The number of rotatable bonds is 6. The Hall–Kier alpha value is -2.49. The fourth-order valence-corrected chi connectivity index (χ4v) is 5.22. The van der Waals surface area contributed by atoms with Gasteiger partial charge in [-0.1, -0.05) is 34.1 Å². The number of anilines is 1. The summed E-state index contributed by atoms with van der Waals surface area (Å²) in [6, 6.07) is 15.7. The molecule has 0 bridgehead atoms. The van der Waals surface area contributed by atoms with E-state index in [-0.39, 0.29) is 16.4 Å². The Morgan fingerprint density at radius 3 is 2.53 bits per heavy atom. The van der Waals surface area contributed by atoms with Crippen LogP contribution in [0.5, 0.6) is 0 Å². The molecule has 2 heterocycles. The zero-order chi connectivity index (χ0) is 21.1. The molecule has 1 fully saturated rings. The van der Waals surface area contributed by atoms with Gasteiger partial charge in [0.2, 0.25) is 10.0 Å². The van der Waals surface area contributed by atoms with Gasteiger partial charge in [0.05, 0.1) is 17.6 Å². The molecule has 7 nitrogen and oxygen atoms in total. The first-order chi connectivity index (χ1) is 14.4. The van der Waals surface area contributed by atoms with Crippen LogP contribution in [0.25, 0.3) is 0 Å².